The molecule has 2 N–H and O–H groups in total. The van der Waals surface area contributed by atoms with Crippen molar-refractivity contribution in [2.45, 2.75) is 6.92 Å². The first-order valence-electron chi connectivity index (χ1n) is 5.05. The third kappa shape index (κ3) is 2.53. The summed E-state index contributed by atoms with van der Waals surface area (Å²) < 4.78 is 31.4. The van der Waals surface area contributed by atoms with Gasteiger partial charge in [-0.05, 0) is 42.8 Å². The maximum atomic E-state index is 13.0. The monoisotopic (exact) mass is 235 g/mol. The maximum absolute atomic E-state index is 13.0. The van der Waals surface area contributed by atoms with Crippen molar-refractivity contribution in [1.29, 1.82) is 0 Å². The predicted molar refractivity (Wildman–Crippen MR) is 62.0 cm³/mol. The Morgan fingerprint density at radius 2 is 1.82 bits per heavy atom. The molecule has 0 aromatic heterocycles. The molecule has 2 rings (SSSR count). The topological polar surface area (TPSA) is 35.2 Å². The molecule has 2 nitrogen and oxygen atoms in total. The molecule has 88 valence electrons. The third-order valence-corrected chi connectivity index (χ3v) is 2.33. The molecule has 0 spiro atoms. The molecule has 0 aliphatic rings. The van der Waals surface area contributed by atoms with E-state index in [4.69, 9.17) is 10.5 Å². The highest BCUT2D eigenvalue weighted by molar-refractivity contribution is 5.54. The van der Waals surface area contributed by atoms with Crippen LogP contribution in [0.5, 0.6) is 11.5 Å². The van der Waals surface area contributed by atoms with Crippen LogP contribution in [0, 0.1) is 18.6 Å². The van der Waals surface area contributed by atoms with Gasteiger partial charge in [0.05, 0.1) is 5.69 Å². The number of aryl methyl sites for hydroxylation is 1. The number of hydrogen-bond acceptors (Lipinski definition) is 2. The molecular weight excluding hydrogens is 224 g/mol. The lowest BCUT2D eigenvalue weighted by molar-refractivity contribution is 0.476. The molecular formula is C13H11F2NO. The van der Waals surface area contributed by atoms with Crippen LogP contribution in [0.2, 0.25) is 0 Å². The van der Waals surface area contributed by atoms with Gasteiger partial charge in [0.25, 0.3) is 0 Å². The van der Waals surface area contributed by atoms with Gasteiger partial charge >= 0.3 is 0 Å². The summed E-state index contributed by atoms with van der Waals surface area (Å²) in [4.78, 5) is 0. The van der Waals surface area contributed by atoms with Crippen LogP contribution in [-0.4, -0.2) is 0 Å². The summed E-state index contributed by atoms with van der Waals surface area (Å²) in [6.45, 7) is 1.62. The Bertz CT molecular complexity index is 555. The molecule has 0 heterocycles. The Hall–Kier alpha value is -2.10. The Balaban J connectivity index is 2.31. The first-order chi connectivity index (χ1) is 8.06. The molecule has 0 unspecified atom stereocenters. The fourth-order valence-corrected chi connectivity index (χ4v) is 1.40. The Kier molecular flexibility index (Phi) is 2.95. The zero-order valence-electron chi connectivity index (χ0n) is 9.21. The Labute approximate surface area is 97.6 Å². The van der Waals surface area contributed by atoms with Crippen molar-refractivity contribution in [3.63, 3.8) is 0 Å². The molecule has 2 aromatic rings. The van der Waals surface area contributed by atoms with Crippen molar-refractivity contribution in [3.05, 3.63) is 53.6 Å². The standard InChI is InChI=1S/C13H11F2NO/c1-8-6-10(3-4-11(8)15)17-13-7-9(14)2-5-12(13)16/h2-7H,16H2,1H3. The van der Waals surface area contributed by atoms with Crippen LogP contribution in [0.4, 0.5) is 14.5 Å². The van der Waals surface area contributed by atoms with Gasteiger partial charge in [-0.15, -0.1) is 0 Å². The molecule has 0 bridgehead atoms. The third-order valence-electron chi connectivity index (χ3n) is 2.33. The fraction of sp³-hybridized carbons (Fsp3) is 0.0769. The predicted octanol–water partition coefficient (Wildman–Crippen LogP) is 3.65. The quantitative estimate of drug-likeness (QED) is 0.806. The molecule has 0 aliphatic carbocycles. The molecule has 0 fully saturated rings. The normalized spacial score (nSPS) is 10.3. The first-order valence-corrected chi connectivity index (χ1v) is 5.05. The van der Waals surface area contributed by atoms with Gasteiger partial charge < -0.3 is 10.5 Å². The average molecular weight is 235 g/mol. The molecule has 17 heavy (non-hydrogen) atoms. The number of halogens is 2. The van der Waals surface area contributed by atoms with Crippen LogP contribution in [0.3, 0.4) is 0 Å². The van der Waals surface area contributed by atoms with Gasteiger partial charge in [0.2, 0.25) is 0 Å². The average Bonchev–Trinajstić information content (AvgIpc) is 2.29. The highest BCUT2D eigenvalue weighted by Gasteiger charge is 2.05. The van der Waals surface area contributed by atoms with Gasteiger partial charge in [-0.1, -0.05) is 0 Å². The zero-order chi connectivity index (χ0) is 12.4. The van der Waals surface area contributed by atoms with Gasteiger partial charge in [0.15, 0.2) is 5.75 Å². The van der Waals surface area contributed by atoms with Crippen molar-refractivity contribution in [1.82, 2.24) is 0 Å². The molecule has 0 saturated heterocycles. The van der Waals surface area contributed by atoms with E-state index in [-0.39, 0.29) is 11.6 Å². The highest BCUT2D eigenvalue weighted by Crippen LogP contribution is 2.28. The first kappa shape index (κ1) is 11.4. The second-order valence-electron chi connectivity index (χ2n) is 3.70. The minimum Gasteiger partial charge on any atom is -0.455 e. The molecule has 0 amide bonds. The SMILES string of the molecule is Cc1cc(Oc2cc(F)ccc2N)ccc1F. The number of rotatable bonds is 2. The summed E-state index contributed by atoms with van der Waals surface area (Å²) in [6.07, 6.45) is 0. The van der Waals surface area contributed by atoms with E-state index in [0.717, 1.165) is 0 Å². The molecule has 0 aliphatic heterocycles. The molecule has 4 heteroatoms. The lowest BCUT2D eigenvalue weighted by Crippen LogP contribution is -1.93. The molecule has 0 atom stereocenters. The summed E-state index contributed by atoms with van der Waals surface area (Å²) in [6, 6.07) is 8.14. The molecule has 2 aromatic carbocycles. The second kappa shape index (κ2) is 4.41. The van der Waals surface area contributed by atoms with Crippen molar-refractivity contribution < 1.29 is 13.5 Å². The summed E-state index contributed by atoms with van der Waals surface area (Å²) in [7, 11) is 0. The lowest BCUT2D eigenvalue weighted by Gasteiger charge is -2.09. The van der Waals surface area contributed by atoms with Gasteiger partial charge in [0, 0.05) is 6.07 Å². The minimum atomic E-state index is -0.437. The van der Waals surface area contributed by atoms with Crippen LogP contribution >= 0.6 is 0 Å². The number of nitrogen functional groups attached to an aromatic ring is 1. The van der Waals surface area contributed by atoms with E-state index < -0.39 is 5.82 Å². The van der Waals surface area contributed by atoms with Crippen LogP contribution < -0.4 is 10.5 Å². The number of nitrogens with two attached hydrogens (primary N) is 1. The van der Waals surface area contributed by atoms with E-state index in [9.17, 15) is 8.78 Å². The number of ether oxygens (including phenoxy) is 1. The van der Waals surface area contributed by atoms with E-state index in [1.165, 1.54) is 36.4 Å². The van der Waals surface area contributed by atoms with Crippen molar-refractivity contribution >= 4 is 5.69 Å². The smallest absolute Gasteiger partial charge is 0.153 e. The van der Waals surface area contributed by atoms with E-state index >= 15 is 0 Å². The van der Waals surface area contributed by atoms with Gasteiger partial charge in [0.1, 0.15) is 17.4 Å². The summed E-state index contributed by atoms with van der Waals surface area (Å²) in [5.74, 6) is -0.116. The summed E-state index contributed by atoms with van der Waals surface area (Å²) in [5.41, 5.74) is 6.42. The lowest BCUT2D eigenvalue weighted by atomic mass is 10.2. The maximum Gasteiger partial charge on any atom is 0.153 e. The van der Waals surface area contributed by atoms with E-state index in [1.807, 2.05) is 0 Å². The largest absolute Gasteiger partial charge is 0.455 e. The number of benzene rings is 2. The summed E-state index contributed by atoms with van der Waals surface area (Å²) in [5, 5.41) is 0. The van der Waals surface area contributed by atoms with Gasteiger partial charge in [-0.2, -0.15) is 0 Å². The summed E-state index contributed by atoms with van der Waals surface area (Å²) >= 11 is 0. The van der Waals surface area contributed by atoms with Crippen LogP contribution in [0.25, 0.3) is 0 Å². The van der Waals surface area contributed by atoms with Gasteiger partial charge in [-0.3, -0.25) is 0 Å². The van der Waals surface area contributed by atoms with Crippen LogP contribution in [0.1, 0.15) is 5.56 Å². The van der Waals surface area contributed by atoms with Crippen molar-refractivity contribution in [2.75, 3.05) is 5.73 Å². The Morgan fingerprint density at radius 3 is 2.53 bits per heavy atom. The van der Waals surface area contributed by atoms with Gasteiger partial charge in [-0.25, -0.2) is 8.78 Å². The number of hydrogen-bond donors (Lipinski definition) is 1. The fourth-order valence-electron chi connectivity index (χ4n) is 1.40. The Morgan fingerprint density at radius 1 is 1.06 bits per heavy atom. The molecule has 0 radical (unpaired) electrons. The van der Waals surface area contributed by atoms with E-state index in [1.54, 1.807) is 6.92 Å². The molecule has 0 saturated carbocycles. The highest BCUT2D eigenvalue weighted by atomic mass is 19.1. The van der Waals surface area contributed by atoms with Crippen LogP contribution in [-0.2, 0) is 0 Å². The van der Waals surface area contributed by atoms with Crippen LogP contribution in [0.15, 0.2) is 36.4 Å². The van der Waals surface area contributed by atoms with E-state index in [2.05, 4.69) is 0 Å². The minimum absolute atomic E-state index is 0.219. The zero-order valence-corrected chi connectivity index (χ0v) is 9.21. The van der Waals surface area contributed by atoms with Crippen molar-refractivity contribution in [3.8, 4) is 11.5 Å². The second-order valence-corrected chi connectivity index (χ2v) is 3.70. The van der Waals surface area contributed by atoms with E-state index in [0.29, 0.717) is 17.0 Å². The number of anilines is 1. The van der Waals surface area contributed by atoms with Crippen molar-refractivity contribution in [2.24, 2.45) is 0 Å².